The molecule has 0 fully saturated rings. The van der Waals surface area contributed by atoms with Gasteiger partial charge in [0, 0.05) is 7.05 Å². The zero-order valence-electron chi connectivity index (χ0n) is 11.2. The molecule has 0 bridgehead atoms. The minimum Gasteiger partial charge on any atom is -0.373 e. The van der Waals surface area contributed by atoms with Crippen LogP contribution in [-0.4, -0.2) is 12.0 Å². The number of rotatable bonds is 1. The minimum absolute atomic E-state index is 0.0145. The van der Waals surface area contributed by atoms with Crippen molar-refractivity contribution in [3.8, 4) is 0 Å². The Morgan fingerprint density at radius 2 is 1.53 bits per heavy atom. The van der Waals surface area contributed by atoms with Gasteiger partial charge in [0.2, 0.25) is 0 Å². The van der Waals surface area contributed by atoms with Crippen molar-refractivity contribution >= 4 is 5.82 Å². The maximum atomic E-state index is 12.2. The molecule has 0 saturated heterocycles. The Morgan fingerprint density at radius 1 is 1.06 bits per heavy atom. The van der Waals surface area contributed by atoms with Crippen molar-refractivity contribution in [3.05, 3.63) is 23.4 Å². The van der Waals surface area contributed by atoms with Crippen molar-refractivity contribution in [2.24, 2.45) is 0 Å². The average Bonchev–Trinajstić information content (AvgIpc) is 2.32. The zero-order valence-corrected chi connectivity index (χ0v) is 11.2. The molecule has 1 aromatic heterocycles. The molecule has 1 aromatic rings. The summed E-state index contributed by atoms with van der Waals surface area (Å²) in [6, 6.07) is 2.32. The van der Waals surface area contributed by atoms with Crippen LogP contribution in [0.1, 0.15) is 39.0 Å². The molecular formula is C12H21F3N2. The summed E-state index contributed by atoms with van der Waals surface area (Å²) >= 11 is 0. The van der Waals surface area contributed by atoms with E-state index >= 15 is 0 Å². The summed E-state index contributed by atoms with van der Waals surface area (Å²) in [5.41, 5.74) is -0.703. The largest absolute Gasteiger partial charge is 0.418 e. The van der Waals surface area contributed by atoms with E-state index in [0.717, 1.165) is 6.07 Å². The minimum atomic E-state index is -4.32. The monoisotopic (exact) mass is 250 g/mol. The first kappa shape index (κ1) is 18.1. The Kier molecular flexibility index (Phi) is 9.42. The van der Waals surface area contributed by atoms with E-state index in [1.165, 1.54) is 13.0 Å². The average molecular weight is 250 g/mol. The molecule has 0 aliphatic rings. The highest BCUT2D eigenvalue weighted by atomic mass is 19.4. The third-order valence-electron chi connectivity index (χ3n) is 1.65. The normalized spacial score (nSPS) is 9.47. The molecule has 2 nitrogen and oxygen atoms in total. The highest BCUT2D eigenvalue weighted by Gasteiger charge is 2.32. The first-order valence-corrected chi connectivity index (χ1v) is 5.67. The summed E-state index contributed by atoms with van der Waals surface area (Å²) in [5, 5.41) is 2.67. The lowest BCUT2D eigenvalue weighted by atomic mass is 10.2. The Balaban J connectivity index is 0. The highest BCUT2D eigenvalue weighted by Crippen LogP contribution is 2.31. The summed E-state index contributed by atoms with van der Waals surface area (Å²) in [7, 11) is 1.61. The van der Waals surface area contributed by atoms with Gasteiger partial charge < -0.3 is 5.32 Å². The molecule has 0 radical (unpaired) electrons. The predicted molar refractivity (Wildman–Crippen MR) is 66.2 cm³/mol. The van der Waals surface area contributed by atoms with Gasteiger partial charge in [-0.3, -0.25) is 0 Å². The maximum Gasteiger partial charge on any atom is 0.418 e. The molecule has 0 spiro atoms. The molecule has 0 unspecified atom stereocenters. The fourth-order valence-corrected chi connectivity index (χ4v) is 1.000. The summed E-state index contributed by atoms with van der Waals surface area (Å²) in [5.74, 6) is 0.436. The molecule has 0 aliphatic carbocycles. The molecule has 1 rings (SSSR count). The number of pyridine rings is 1. The molecule has 1 N–H and O–H groups in total. The van der Waals surface area contributed by atoms with E-state index in [4.69, 9.17) is 0 Å². The molecule has 0 aliphatic heterocycles. The van der Waals surface area contributed by atoms with Gasteiger partial charge in [-0.25, -0.2) is 4.98 Å². The van der Waals surface area contributed by atoms with Crippen molar-refractivity contribution in [2.45, 2.75) is 40.8 Å². The number of alkyl halides is 3. The van der Waals surface area contributed by atoms with E-state index in [0.29, 0.717) is 5.82 Å². The van der Waals surface area contributed by atoms with Crippen molar-refractivity contribution in [3.63, 3.8) is 0 Å². The van der Waals surface area contributed by atoms with Gasteiger partial charge in [0.15, 0.2) is 0 Å². The SMILES string of the molecule is CC.CC.CNc1ccc(C(F)(F)F)c(C)n1. The van der Waals surface area contributed by atoms with Crippen LogP contribution in [0.3, 0.4) is 0 Å². The number of aromatic nitrogens is 1. The van der Waals surface area contributed by atoms with Crippen LogP contribution in [-0.2, 0) is 6.18 Å². The third-order valence-corrected chi connectivity index (χ3v) is 1.65. The summed E-state index contributed by atoms with van der Waals surface area (Å²) < 4.78 is 36.7. The standard InChI is InChI=1S/C8H9F3N2.2C2H6/c1-5-6(8(9,10)11)3-4-7(12-2)13-5;2*1-2/h3-4H,1-2H3,(H,12,13);2*1-2H3. The van der Waals surface area contributed by atoms with Crippen molar-refractivity contribution in [1.29, 1.82) is 0 Å². The van der Waals surface area contributed by atoms with Crippen molar-refractivity contribution in [2.75, 3.05) is 12.4 Å². The van der Waals surface area contributed by atoms with Crippen LogP contribution in [0.25, 0.3) is 0 Å². The number of anilines is 1. The van der Waals surface area contributed by atoms with E-state index in [-0.39, 0.29) is 5.69 Å². The topological polar surface area (TPSA) is 24.9 Å². The Bertz CT molecular complexity index is 309. The van der Waals surface area contributed by atoms with E-state index in [2.05, 4.69) is 10.3 Å². The molecule has 5 heteroatoms. The van der Waals surface area contributed by atoms with Gasteiger partial charge in [0.05, 0.1) is 11.3 Å². The van der Waals surface area contributed by atoms with Gasteiger partial charge in [0.1, 0.15) is 5.82 Å². The first-order chi connectivity index (χ1) is 7.95. The summed E-state index contributed by atoms with van der Waals surface area (Å²) in [4.78, 5) is 3.73. The number of hydrogen-bond acceptors (Lipinski definition) is 2. The van der Waals surface area contributed by atoms with E-state index < -0.39 is 11.7 Å². The fourth-order valence-electron chi connectivity index (χ4n) is 1.000. The van der Waals surface area contributed by atoms with Gasteiger partial charge in [0.25, 0.3) is 0 Å². The van der Waals surface area contributed by atoms with Gasteiger partial charge in [-0.15, -0.1) is 0 Å². The second-order valence-corrected chi connectivity index (χ2v) is 2.58. The van der Waals surface area contributed by atoms with Crippen LogP contribution in [0.15, 0.2) is 12.1 Å². The van der Waals surface area contributed by atoms with E-state index in [1.54, 1.807) is 7.05 Å². The lowest BCUT2D eigenvalue weighted by Gasteiger charge is -2.10. The second-order valence-electron chi connectivity index (χ2n) is 2.58. The first-order valence-electron chi connectivity index (χ1n) is 5.67. The molecular weight excluding hydrogens is 229 g/mol. The second kappa shape index (κ2) is 8.84. The van der Waals surface area contributed by atoms with Crippen LogP contribution in [0.2, 0.25) is 0 Å². The molecule has 1 heterocycles. The fraction of sp³-hybridized carbons (Fsp3) is 0.583. The molecule has 0 saturated carbocycles. The Morgan fingerprint density at radius 3 is 1.82 bits per heavy atom. The smallest absolute Gasteiger partial charge is 0.373 e. The van der Waals surface area contributed by atoms with Gasteiger partial charge in [-0.1, -0.05) is 27.7 Å². The van der Waals surface area contributed by atoms with E-state index in [9.17, 15) is 13.2 Å². The molecule has 0 amide bonds. The number of nitrogens with one attached hydrogen (secondary N) is 1. The van der Waals surface area contributed by atoms with Crippen molar-refractivity contribution < 1.29 is 13.2 Å². The molecule has 100 valence electrons. The van der Waals surface area contributed by atoms with Crippen LogP contribution >= 0.6 is 0 Å². The number of aryl methyl sites for hydroxylation is 1. The molecule has 0 aromatic carbocycles. The third kappa shape index (κ3) is 6.14. The van der Waals surface area contributed by atoms with Crippen LogP contribution in [0, 0.1) is 6.92 Å². The quantitative estimate of drug-likeness (QED) is 0.793. The maximum absolute atomic E-state index is 12.2. The van der Waals surface area contributed by atoms with E-state index in [1.807, 2.05) is 27.7 Å². The molecule has 0 atom stereocenters. The lowest BCUT2D eigenvalue weighted by Crippen LogP contribution is -2.09. The summed E-state index contributed by atoms with van der Waals surface area (Å²) in [6.07, 6.45) is -4.32. The van der Waals surface area contributed by atoms with Crippen molar-refractivity contribution in [1.82, 2.24) is 4.98 Å². The predicted octanol–water partition coefficient (Wildman–Crippen LogP) is 4.50. The number of hydrogen-bond donors (Lipinski definition) is 1. The Labute approximate surface area is 101 Å². The van der Waals surface area contributed by atoms with Gasteiger partial charge >= 0.3 is 6.18 Å². The zero-order chi connectivity index (χ0) is 14.1. The molecule has 17 heavy (non-hydrogen) atoms. The van der Waals surface area contributed by atoms with Gasteiger partial charge in [-0.05, 0) is 19.1 Å². The lowest BCUT2D eigenvalue weighted by molar-refractivity contribution is -0.138. The van der Waals surface area contributed by atoms with Crippen LogP contribution in [0.5, 0.6) is 0 Å². The Hall–Kier alpha value is -1.26. The van der Waals surface area contributed by atoms with Crippen LogP contribution < -0.4 is 5.32 Å². The highest BCUT2D eigenvalue weighted by molar-refractivity contribution is 5.38. The number of halogens is 3. The van der Waals surface area contributed by atoms with Crippen LogP contribution in [0.4, 0.5) is 19.0 Å². The van der Waals surface area contributed by atoms with Gasteiger partial charge in [-0.2, -0.15) is 13.2 Å². The summed E-state index contributed by atoms with van der Waals surface area (Å²) in [6.45, 7) is 9.34. The number of nitrogens with zero attached hydrogens (tertiary/aromatic N) is 1.